The first kappa shape index (κ1) is 18.6. The maximum Gasteiger partial charge on any atom is 0.305 e. The van der Waals surface area contributed by atoms with E-state index in [9.17, 15) is 14.0 Å². The van der Waals surface area contributed by atoms with Gasteiger partial charge in [0.25, 0.3) is 5.91 Å². The van der Waals surface area contributed by atoms with Crippen LogP contribution in [-0.2, 0) is 4.79 Å². The summed E-state index contributed by atoms with van der Waals surface area (Å²) in [5, 5.41) is 16.2. The van der Waals surface area contributed by atoms with Gasteiger partial charge in [0.1, 0.15) is 5.82 Å². The molecule has 0 spiro atoms. The first-order valence-corrected chi connectivity index (χ1v) is 8.16. The molecule has 0 saturated carbocycles. The Kier molecular flexibility index (Phi) is 5.56. The van der Waals surface area contributed by atoms with E-state index in [-0.39, 0.29) is 17.9 Å². The van der Waals surface area contributed by atoms with Gasteiger partial charge >= 0.3 is 5.97 Å². The SMILES string of the molecule is CCC(CC)(CC(=O)O)NC(=O)c1nn(-c2ccc(F)cc2)cc1C. The fourth-order valence-corrected chi connectivity index (χ4v) is 2.72. The van der Waals surface area contributed by atoms with E-state index in [4.69, 9.17) is 5.11 Å². The van der Waals surface area contributed by atoms with Gasteiger partial charge in [0, 0.05) is 11.8 Å². The molecule has 0 unspecified atom stereocenters. The van der Waals surface area contributed by atoms with Crippen molar-refractivity contribution < 1.29 is 19.1 Å². The number of amides is 1. The zero-order chi connectivity index (χ0) is 18.6. The molecule has 1 amide bonds. The minimum Gasteiger partial charge on any atom is -0.481 e. The minimum atomic E-state index is -0.961. The Morgan fingerprint density at radius 1 is 1.24 bits per heavy atom. The van der Waals surface area contributed by atoms with Gasteiger partial charge in [0.15, 0.2) is 5.69 Å². The molecule has 134 valence electrons. The number of carboxylic acid groups (broad SMARTS) is 1. The molecule has 1 aromatic carbocycles. The molecule has 2 N–H and O–H groups in total. The van der Waals surface area contributed by atoms with Gasteiger partial charge in [-0.2, -0.15) is 5.10 Å². The molecule has 0 aliphatic carbocycles. The number of carboxylic acids is 1. The van der Waals surface area contributed by atoms with Gasteiger partial charge in [0.2, 0.25) is 0 Å². The highest BCUT2D eigenvalue weighted by Gasteiger charge is 2.32. The lowest BCUT2D eigenvalue weighted by Crippen LogP contribution is -2.49. The Labute approximate surface area is 145 Å². The minimum absolute atomic E-state index is 0.149. The first-order valence-electron chi connectivity index (χ1n) is 8.16. The average molecular weight is 347 g/mol. The smallest absolute Gasteiger partial charge is 0.305 e. The standard InChI is InChI=1S/C18H22FN3O3/c1-4-18(5-2,10-15(23)24)20-17(25)16-12(3)11-22(21-16)14-8-6-13(19)7-9-14/h6-9,11H,4-5,10H2,1-3H3,(H,20,25)(H,23,24). The molecule has 1 heterocycles. The Bertz CT molecular complexity index is 764. The van der Waals surface area contributed by atoms with Crippen LogP contribution in [0.15, 0.2) is 30.5 Å². The summed E-state index contributed by atoms with van der Waals surface area (Å²) in [5.74, 6) is -1.73. The molecule has 2 aromatic rings. The Hall–Kier alpha value is -2.70. The average Bonchev–Trinajstić information content (AvgIpc) is 2.96. The fourth-order valence-electron chi connectivity index (χ4n) is 2.72. The van der Waals surface area contributed by atoms with Crippen LogP contribution in [0.25, 0.3) is 5.69 Å². The molecule has 0 saturated heterocycles. The number of aromatic nitrogens is 2. The second-order valence-corrected chi connectivity index (χ2v) is 6.09. The maximum absolute atomic E-state index is 13.0. The largest absolute Gasteiger partial charge is 0.481 e. The molecule has 0 bridgehead atoms. The zero-order valence-corrected chi connectivity index (χ0v) is 14.5. The van der Waals surface area contributed by atoms with Crippen molar-refractivity contribution in [2.75, 3.05) is 0 Å². The lowest BCUT2D eigenvalue weighted by Gasteiger charge is -2.31. The summed E-state index contributed by atoms with van der Waals surface area (Å²) < 4.78 is 14.5. The van der Waals surface area contributed by atoms with Crippen LogP contribution in [0.2, 0.25) is 0 Å². The predicted molar refractivity (Wildman–Crippen MR) is 91.3 cm³/mol. The van der Waals surface area contributed by atoms with Crippen molar-refractivity contribution in [1.29, 1.82) is 0 Å². The molecule has 0 radical (unpaired) electrons. The van der Waals surface area contributed by atoms with Gasteiger partial charge in [-0.1, -0.05) is 13.8 Å². The van der Waals surface area contributed by atoms with Crippen LogP contribution in [-0.4, -0.2) is 32.3 Å². The fraction of sp³-hybridized carbons (Fsp3) is 0.389. The van der Waals surface area contributed by atoms with E-state index in [1.165, 1.54) is 16.8 Å². The molecule has 0 fully saturated rings. The number of nitrogens with one attached hydrogen (secondary N) is 1. The van der Waals surface area contributed by atoms with Crippen LogP contribution >= 0.6 is 0 Å². The number of nitrogens with zero attached hydrogens (tertiary/aromatic N) is 2. The summed E-state index contributed by atoms with van der Waals surface area (Å²) in [5.41, 5.74) is 0.695. The van der Waals surface area contributed by atoms with Gasteiger partial charge in [-0.05, 0) is 44.0 Å². The molecule has 25 heavy (non-hydrogen) atoms. The van der Waals surface area contributed by atoms with Crippen LogP contribution < -0.4 is 5.32 Å². The third-order valence-electron chi connectivity index (χ3n) is 4.43. The molecule has 0 atom stereocenters. The van der Waals surface area contributed by atoms with E-state index in [1.54, 1.807) is 25.3 Å². The van der Waals surface area contributed by atoms with Gasteiger partial charge in [-0.3, -0.25) is 9.59 Å². The Balaban J connectivity index is 2.27. The van der Waals surface area contributed by atoms with Crippen molar-refractivity contribution in [3.05, 3.63) is 47.5 Å². The second kappa shape index (κ2) is 7.46. The third kappa shape index (κ3) is 4.23. The number of hydrogen-bond acceptors (Lipinski definition) is 3. The molecular formula is C18H22FN3O3. The second-order valence-electron chi connectivity index (χ2n) is 6.09. The Morgan fingerprint density at radius 3 is 2.36 bits per heavy atom. The molecule has 0 aliphatic heterocycles. The van der Waals surface area contributed by atoms with E-state index in [0.717, 1.165) is 0 Å². The molecule has 1 aromatic heterocycles. The van der Waals surface area contributed by atoms with E-state index in [2.05, 4.69) is 10.4 Å². The summed E-state index contributed by atoms with van der Waals surface area (Å²) >= 11 is 0. The van der Waals surface area contributed by atoms with Crippen LogP contribution in [0.5, 0.6) is 0 Å². The van der Waals surface area contributed by atoms with E-state index < -0.39 is 17.4 Å². The summed E-state index contributed by atoms with van der Waals surface area (Å²) in [4.78, 5) is 23.8. The lowest BCUT2D eigenvalue weighted by molar-refractivity contribution is -0.138. The van der Waals surface area contributed by atoms with Crippen molar-refractivity contribution in [2.45, 2.75) is 45.6 Å². The number of hydrogen-bond donors (Lipinski definition) is 2. The third-order valence-corrected chi connectivity index (χ3v) is 4.43. The summed E-state index contributed by atoms with van der Waals surface area (Å²) in [7, 11) is 0. The number of carbonyl (C=O) groups is 2. The molecule has 6 nitrogen and oxygen atoms in total. The molecular weight excluding hydrogens is 325 g/mol. The highest BCUT2D eigenvalue weighted by atomic mass is 19.1. The van der Waals surface area contributed by atoms with Crippen LogP contribution in [0.4, 0.5) is 4.39 Å². The van der Waals surface area contributed by atoms with Gasteiger partial charge in [-0.25, -0.2) is 9.07 Å². The van der Waals surface area contributed by atoms with E-state index in [1.807, 2.05) is 13.8 Å². The predicted octanol–water partition coefficient (Wildman–Crippen LogP) is 3.08. The van der Waals surface area contributed by atoms with Gasteiger partial charge < -0.3 is 10.4 Å². The summed E-state index contributed by atoms with van der Waals surface area (Å²) in [6.45, 7) is 5.44. The number of aliphatic carboxylic acids is 1. The molecule has 7 heteroatoms. The van der Waals surface area contributed by atoms with E-state index in [0.29, 0.717) is 24.1 Å². The number of rotatable bonds is 7. The van der Waals surface area contributed by atoms with Crippen molar-refractivity contribution in [2.24, 2.45) is 0 Å². The number of benzene rings is 1. The van der Waals surface area contributed by atoms with Crippen molar-refractivity contribution in [3.8, 4) is 5.69 Å². The highest BCUT2D eigenvalue weighted by Crippen LogP contribution is 2.21. The topological polar surface area (TPSA) is 84.2 Å². The van der Waals surface area contributed by atoms with Crippen molar-refractivity contribution >= 4 is 11.9 Å². The molecule has 2 rings (SSSR count). The number of halogens is 1. The normalized spacial score (nSPS) is 11.4. The summed E-state index contributed by atoms with van der Waals surface area (Å²) in [6.07, 6.45) is 2.53. The number of carbonyl (C=O) groups excluding carboxylic acids is 1. The van der Waals surface area contributed by atoms with Gasteiger partial charge in [-0.15, -0.1) is 0 Å². The van der Waals surface area contributed by atoms with Crippen LogP contribution in [0, 0.1) is 12.7 Å². The monoisotopic (exact) mass is 347 g/mol. The van der Waals surface area contributed by atoms with Crippen molar-refractivity contribution in [3.63, 3.8) is 0 Å². The van der Waals surface area contributed by atoms with Gasteiger partial charge in [0.05, 0.1) is 17.6 Å². The lowest BCUT2D eigenvalue weighted by atomic mass is 9.88. The first-order chi connectivity index (χ1) is 11.8. The zero-order valence-electron chi connectivity index (χ0n) is 14.5. The quantitative estimate of drug-likeness (QED) is 0.806. The molecule has 0 aliphatic rings. The Morgan fingerprint density at radius 2 is 1.84 bits per heavy atom. The van der Waals surface area contributed by atoms with Crippen molar-refractivity contribution in [1.82, 2.24) is 15.1 Å². The highest BCUT2D eigenvalue weighted by molar-refractivity contribution is 5.94. The van der Waals surface area contributed by atoms with Crippen LogP contribution in [0.3, 0.4) is 0 Å². The van der Waals surface area contributed by atoms with E-state index >= 15 is 0 Å². The summed E-state index contributed by atoms with van der Waals surface area (Å²) in [6, 6.07) is 5.77. The van der Waals surface area contributed by atoms with Crippen LogP contribution in [0.1, 0.15) is 49.2 Å². The number of aryl methyl sites for hydroxylation is 1. The maximum atomic E-state index is 13.0.